The van der Waals surface area contributed by atoms with Gasteiger partial charge in [0.25, 0.3) is 0 Å². The van der Waals surface area contributed by atoms with E-state index in [1.807, 2.05) is 0 Å². The molecular weight excluding hydrogens is 1520 g/mol. The summed E-state index contributed by atoms with van der Waals surface area (Å²) in [4.78, 5) is 31.3. The molecule has 24 heterocycles. The Balaban J connectivity index is 0.00000456. The molecule has 0 spiro atoms. The average Bonchev–Trinajstić information content (AvgIpc) is 0.777. The molecule has 0 aromatic carbocycles. The van der Waals surface area contributed by atoms with Gasteiger partial charge < -0.3 is 188 Å². The standard InChI is InChI=1S/C51H70Cl3N9O38.3Na/c52-43-55-46(82)61-49(58-43)85-5-12-33-20(73)27(80)41(93-12)97-31-10(3-66)91-39(25(78)18(31)71)101-35-14(7-87-51-60-45(54)57-48(84)63-51)94-42(28(81)21(35)74)98-32-11(4-67)90-38(24(77)17(32)70)100-34-13(6-86-50-59-44(53)56-47(83)62-50)92-40(26(79)19(34)72)96-30-9(2-65)88-36(22(75)15(30)68)95-29-8(1-64)89-37(99-33)23(76)16(29)69;;;/h8-42,64-81H,1-7H2,(H,55,58,61,82)(H,56,59,62,83)(H,57,60,63,84);;;/q;3*+1/p-3/t8-,9-,10-,11-,12-,13-,14-,15-,16-,17-,18-,19-,20-,21-,22-,23-,24-,25-,26-,27-,28-,29-,30-,31-,32-,33-,34-,35-,36-,37-,38-,39-,40-,41-,42-;;;/m1.../s1. The molecular formula is C51H67Cl3N9Na3O38. The van der Waals surface area contributed by atoms with E-state index < -0.39 is 313 Å². The van der Waals surface area contributed by atoms with E-state index in [1.54, 1.807) is 0 Å². The van der Waals surface area contributed by atoms with E-state index in [9.17, 15) is 107 Å². The number of aromatic nitrogens is 9. The zero-order valence-corrected chi connectivity index (χ0v) is 62.3. The second kappa shape index (κ2) is 38.3. The van der Waals surface area contributed by atoms with Crippen molar-refractivity contribution in [2.24, 2.45) is 0 Å². The number of aliphatic hydroxyl groups is 18. The Kier molecular flexibility index (Phi) is 32.4. The molecule has 104 heavy (non-hydrogen) atoms. The van der Waals surface area contributed by atoms with Crippen molar-refractivity contribution in [2.45, 2.75) is 215 Å². The van der Waals surface area contributed by atoms with Crippen molar-refractivity contribution in [1.29, 1.82) is 0 Å². The maximum Gasteiger partial charge on any atom is 1.00 e. The normalized spacial score (nSPS) is 43.5. The number of nitrogens with zero attached hydrogens (tertiary/aromatic N) is 9. The van der Waals surface area contributed by atoms with Gasteiger partial charge in [-0.25, -0.2) is 15.0 Å². The fourth-order valence-electron chi connectivity index (χ4n) is 12.0. The number of ether oxygens (including phenoxy) is 17. The fraction of sp³-hybridized carbons (Fsp3) is 0.824. The summed E-state index contributed by atoms with van der Waals surface area (Å²) in [7, 11) is 0. The van der Waals surface area contributed by atoms with Crippen LogP contribution in [-0.4, -0.2) is 398 Å². The Hall–Kier alpha value is -1.58. The summed E-state index contributed by atoms with van der Waals surface area (Å²) in [5, 5.41) is 242. The summed E-state index contributed by atoms with van der Waals surface area (Å²) in [5.41, 5.74) is 0. The molecule has 3 aromatic heterocycles. The van der Waals surface area contributed by atoms with E-state index in [-0.39, 0.29) is 88.7 Å². The first-order chi connectivity index (χ1) is 48.1. The summed E-state index contributed by atoms with van der Waals surface area (Å²) in [6.07, 6.45) is -76.1. The smallest absolute Gasteiger partial charge is 0.844 e. The fourth-order valence-corrected chi connectivity index (χ4v) is 12.4. The van der Waals surface area contributed by atoms with Gasteiger partial charge >= 0.3 is 107 Å². The number of halogens is 3. The molecule has 0 amide bonds. The van der Waals surface area contributed by atoms with Crippen LogP contribution in [0.3, 0.4) is 0 Å². The van der Waals surface area contributed by atoms with Gasteiger partial charge in [0.15, 0.2) is 44.0 Å². The minimum absolute atomic E-state index is 0. The number of hydrogen-bond acceptors (Lipinski definition) is 47. The molecule has 47 nitrogen and oxygen atoms in total. The molecule has 14 bridgehead atoms. The molecule has 568 valence electrons. The van der Waals surface area contributed by atoms with Gasteiger partial charge in [-0.15, -0.1) is 0 Å². The summed E-state index contributed by atoms with van der Waals surface area (Å²) >= 11 is 17.5. The average molecular weight is 1590 g/mol. The van der Waals surface area contributed by atoms with Gasteiger partial charge in [0, 0.05) is 0 Å². The van der Waals surface area contributed by atoms with E-state index in [2.05, 4.69) is 44.9 Å². The van der Waals surface area contributed by atoms with Crippen LogP contribution in [0.25, 0.3) is 0 Å². The first-order valence-corrected chi connectivity index (χ1v) is 31.5. The second-order valence-corrected chi connectivity index (χ2v) is 24.6. The van der Waals surface area contributed by atoms with Crippen molar-refractivity contribution in [3.05, 3.63) is 15.9 Å². The largest absolute Gasteiger partial charge is 1.00 e. The Labute approximate surface area is 664 Å². The third-order valence-electron chi connectivity index (χ3n) is 17.1. The van der Waals surface area contributed by atoms with Crippen LogP contribution >= 0.6 is 34.8 Å². The molecule has 0 radical (unpaired) electrons. The van der Waals surface area contributed by atoms with Crippen molar-refractivity contribution in [2.75, 3.05) is 46.2 Å². The van der Waals surface area contributed by atoms with Crippen LogP contribution in [0.15, 0.2) is 0 Å². The third kappa shape index (κ3) is 19.5. The van der Waals surface area contributed by atoms with Crippen LogP contribution in [0.4, 0.5) is 0 Å². The molecule has 0 aliphatic carbocycles. The summed E-state index contributed by atoms with van der Waals surface area (Å²) < 4.78 is 99.0. The molecule has 21 aliphatic rings. The van der Waals surface area contributed by atoms with E-state index in [0.717, 1.165) is 0 Å². The summed E-state index contributed by atoms with van der Waals surface area (Å²) in [6, 6.07) is -5.95. The predicted octanol–water partition coefficient (Wildman–Crippen LogP) is -24.2. The van der Waals surface area contributed by atoms with Crippen LogP contribution in [0.1, 0.15) is 0 Å². The number of hydrogen-bond donors (Lipinski definition) is 18. The Bertz CT molecular complexity index is 3110. The van der Waals surface area contributed by atoms with Gasteiger partial charge in [-0.05, 0) is 34.8 Å². The number of rotatable bonds is 13. The Morgan fingerprint density at radius 2 is 0.413 bits per heavy atom. The molecule has 21 fully saturated rings. The van der Waals surface area contributed by atoms with E-state index in [0.29, 0.717) is 0 Å². The zero-order valence-electron chi connectivity index (χ0n) is 54.0. The maximum atomic E-state index is 12.2. The molecule has 0 saturated carbocycles. The SMILES string of the molecule is [Na+].[Na+].[Na+].[O-]c1nc(Cl)nc(OC[C@H]2O[C@@H]3O[C@H]4[C@H](O)[C@@H](O)[C@@H](O[C@H]5[C@H](O)[C@@H](O)[C@@H](O[C@H]6[C@H](O)[C@@H](O)[C@@H](O[C@H]7[C@H](O)[C@@H](O)[C@@H](O[C@H]8[C@H](O)[C@@H](O)[C@@H](O[C@H]9[C@H](O)[C@@H](O)[C@@H](O[C@H]2[C@H](O)[C@H]3O)O[C@@H]9CO)O[C@@H]8COc2nc([O-])nc(Cl)n2)O[C@@H]7CO)O[C@@H]6COc2nc([O-])nc(Cl)n2)O[C@@H]5CO)O[C@@H]4CO)n1. The predicted molar refractivity (Wildman–Crippen MR) is 297 cm³/mol. The van der Waals surface area contributed by atoms with Crippen molar-refractivity contribution >= 4 is 34.8 Å². The van der Waals surface area contributed by atoms with Crippen molar-refractivity contribution < 1.29 is 276 Å². The quantitative estimate of drug-likeness (QED) is 0.0707. The molecule has 35 atom stereocenters. The van der Waals surface area contributed by atoms with Gasteiger partial charge in [0.05, 0.1) is 44.5 Å². The van der Waals surface area contributed by atoms with Crippen LogP contribution in [0, 0.1) is 0 Å². The van der Waals surface area contributed by atoms with Gasteiger partial charge in [0.2, 0.25) is 15.9 Å². The maximum absolute atomic E-state index is 12.2. The van der Waals surface area contributed by atoms with E-state index >= 15 is 0 Å². The summed E-state index contributed by atoms with van der Waals surface area (Å²) in [5.74, 6) is 0. The molecule has 24 rings (SSSR count). The van der Waals surface area contributed by atoms with E-state index in [1.165, 1.54) is 0 Å². The van der Waals surface area contributed by atoms with Crippen LogP contribution < -0.4 is 118 Å². The van der Waals surface area contributed by atoms with Crippen molar-refractivity contribution in [1.82, 2.24) is 44.9 Å². The monoisotopic (exact) mass is 1590 g/mol. The van der Waals surface area contributed by atoms with Gasteiger partial charge in [-0.3, -0.25) is 0 Å². The molecule has 0 unspecified atom stereocenters. The molecule has 21 aliphatic heterocycles. The van der Waals surface area contributed by atoms with E-state index in [4.69, 9.17) is 115 Å². The molecule has 21 saturated heterocycles. The van der Waals surface area contributed by atoms with Crippen LogP contribution in [0.5, 0.6) is 36.1 Å². The Morgan fingerprint density at radius 1 is 0.250 bits per heavy atom. The van der Waals surface area contributed by atoms with Crippen molar-refractivity contribution in [3.63, 3.8) is 0 Å². The summed E-state index contributed by atoms with van der Waals surface area (Å²) in [6.45, 7) is -7.54. The minimum atomic E-state index is -2.39. The van der Waals surface area contributed by atoms with Crippen molar-refractivity contribution in [3.8, 4) is 36.1 Å². The first-order valence-electron chi connectivity index (χ1n) is 30.4. The second-order valence-electron chi connectivity index (χ2n) is 23.5. The third-order valence-corrected chi connectivity index (χ3v) is 17.6. The van der Waals surface area contributed by atoms with Gasteiger partial charge in [-0.2, -0.15) is 29.9 Å². The zero-order chi connectivity index (χ0) is 72.7. The Morgan fingerprint density at radius 3 is 0.577 bits per heavy atom. The van der Waals surface area contributed by atoms with Gasteiger partial charge in [-0.1, -0.05) is 0 Å². The molecule has 53 heteroatoms. The minimum Gasteiger partial charge on any atom is -0.844 e. The number of aliphatic hydroxyl groups excluding tert-OH is 18. The van der Waals surface area contributed by atoms with Crippen LogP contribution in [0.2, 0.25) is 15.9 Å². The van der Waals surface area contributed by atoms with Gasteiger partial charge in [0.1, 0.15) is 191 Å². The first kappa shape index (κ1) is 88.0. The van der Waals surface area contributed by atoms with Crippen LogP contribution in [-0.2, 0) is 66.3 Å². The molecule has 3 aromatic rings. The topological polar surface area (TPSA) is 706 Å². The molecule has 18 N–H and O–H groups in total.